The summed E-state index contributed by atoms with van der Waals surface area (Å²) < 4.78 is 13.2. The number of rotatable bonds is 4. The van der Waals surface area contributed by atoms with Crippen LogP contribution in [0.5, 0.6) is 0 Å². The van der Waals surface area contributed by atoms with Gasteiger partial charge in [-0.05, 0) is 36.8 Å². The first-order chi connectivity index (χ1) is 9.47. The summed E-state index contributed by atoms with van der Waals surface area (Å²) in [4.78, 5) is 10.4. The van der Waals surface area contributed by atoms with Crippen LogP contribution in [-0.2, 0) is 6.54 Å². The van der Waals surface area contributed by atoms with E-state index in [1.165, 1.54) is 18.2 Å². The highest BCUT2D eigenvalue weighted by atomic mass is 35.5. The fraction of sp³-hybridized carbons (Fsp3) is 0.143. The topological polar surface area (TPSA) is 55.2 Å². The van der Waals surface area contributed by atoms with Crippen LogP contribution >= 0.6 is 11.6 Å². The van der Waals surface area contributed by atoms with E-state index in [0.717, 1.165) is 0 Å². The lowest BCUT2D eigenvalue weighted by Gasteiger charge is -2.10. The molecule has 0 fully saturated rings. The Labute approximate surface area is 120 Å². The molecule has 0 saturated heterocycles. The number of nitro benzene ring substituents is 1. The third-order valence-corrected chi connectivity index (χ3v) is 3.13. The maximum Gasteiger partial charge on any atom is 0.274 e. The summed E-state index contributed by atoms with van der Waals surface area (Å²) in [6.45, 7) is 2.00. The zero-order valence-corrected chi connectivity index (χ0v) is 11.4. The molecular weight excluding hydrogens is 283 g/mol. The fourth-order valence-electron chi connectivity index (χ4n) is 1.92. The summed E-state index contributed by atoms with van der Waals surface area (Å²) in [7, 11) is 0. The maximum atomic E-state index is 13.2. The van der Waals surface area contributed by atoms with E-state index in [0.29, 0.717) is 28.4 Å². The van der Waals surface area contributed by atoms with Crippen LogP contribution in [0, 0.1) is 22.9 Å². The first kappa shape index (κ1) is 14.3. The standard InChI is InChI=1S/C14H12ClFN2O2/c1-9-13(3-2-4-14(9)18(19)20)17-8-10-5-11(15)7-12(16)6-10/h2-7,17H,8H2,1H3. The summed E-state index contributed by atoms with van der Waals surface area (Å²) >= 11 is 5.77. The number of halogens is 2. The van der Waals surface area contributed by atoms with Gasteiger partial charge >= 0.3 is 0 Å². The van der Waals surface area contributed by atoms with Gasteiger partial charge in [-0.15, -0.1) is 0 Å². The SMILES string of the molecule is Cc1c(NCc2cc(F)cc(Cl)c2)cccc1[N+](=O)[O-]. The predicted octanol–water partition coefficient (Wildman–Crippen LogP) is 4.31. The number of benzene rings is 2. The lowest BCUT2D eigenvalue weighted by molar-refractivity contribution is -0.385. The molecule has 0 heterocycles. The van der Waals surface area contributed by atoms with E-state index >= 15 is 0 Å². The smallest absolute Gasteiger partial charge is 0.274 e. The van der Waals surface area contributed by atoms with Crippen LogP contribution in [0.15, 0.2) is 36.4 Å². The first-order valence-corrected chi connectivity index (χ1v) is 6.28. The average Bonchev–Trinajstić information content (AvgIpc) is 2.36. The second-order valence-corrected chi connectivity index (χ2v) is 4.77. The van der Waals surface area contributed by atoms with Gasteiger partial charge in [0.2, 0.25) is 0 Å². The molecule has 4 nitrogen and oxygen atoms in total. The minimum Gasteiger partial charge on any atom is -0.381 e. The van der Waals surface area contributed by atoms with Gasteiger partial charge in [0.25, 0.3) is 5.69 Å². The highest BCUT2D eigenvalue weighted by Crippen LogP contribution is 2.25. The Morgan fingerprint density at radius 1 is 1.35 bits per heavy atom. The van der Waals surface area contributed by atoms with E-state index in [1.54, 1.807) is 25.1 Å². The summed E-state index contributed by atoms with van der Waals surface area (Å²) in [5.74, 6) is -0.412. The second-order valence-electron chi connectivity index (χ2n) is 4.34. The minimum atomic E-state index is -0.431. The number of hydrogen-bond acceptors (Lipinski definition) is 3. The molecule has 20 heavy (non-hydrogen) atoms. The molecule has 2 rings (SSSR count). The molecule has 0 saturated carbocycles. The van der Waals surface area contributed by atoms with Crippen LogP contribution in [0.25, 0.3) is 0 Å². The van der Waals surface area contributed by atoms with Crippen molar-refractivity contribution in [2.75, 3.05) is 5.32 Å². The van der Waals surface area contributed by atoms with Crippen LogP contribution in [0.1, 0.15) is 11.1 Å². The molecule has 0 aromatic heterocycles. The van der Waals surface area contributed by atoms with E-state index < -0.39 is 10.7 Å². The Bertz CT molecular complexity index is 641. The highest BCUT2D eigenvalue weighted by molar-refractivity contribution is 6.30. The fourth-order valence-corrected chi connectivity index (χ4v) is 2.17. The Hall–Kier alpha value is -2.14. The molecule has 0 aliphatic heterocycles. The van der Waals surface area contributed by atoms with Crippen molar-refractivity contribution < 1.29 is 9.31 Å². The van der Waals surface area contributed by atoms with Crippen LogP contribution in [-0.4, -0.2) is 4.92 Å². The van der Waals surface area contributed by atoms with Crippen molar-refractivity contribution in [3.63, 3.8) is 0 Å². The zero-order chi connectivity index (χ0) is 14.7. The summed E-state index contributed by atoms with van der Waals surface area (Å²) in [6.07, 6.45) is 0. The molecule has 104 valence electrons. The van der Waals surface area contributed by atoms with Crippen molar-refractivity contribution in [1.82, 2.24) is 0 Å². The average molecular weight is 295 g/mol. The molecule has 0 spiro atoms. The Balaban J connectivity index is 2.19. The van der Waals surface area contributed by atoms with Gasteiger partial charge in [0.15, 0.2) is 0 Å². The number of hydrogen-bond donors (Lipinski definition) is 1. The van der Waals surface area contributed by atoms with Crippen molar-refractivity contribution in [2.24, 2.45) is 0 Å². The molecule has 0 aliphatic rings. The van der Waals surface area contributed by atoms with Gasteiger partial charge < -0.3 is 5.32 Å². The van der Waals surface area contributed by atoms with Gasteiger partial charge in [0, 0.05) is 28.9 Å². The Kier molecular flexibility index (Phi) is 4.20. The van der Waals surface area contributed by atoms with E-state index in [4.69, 9.17) is 11.6 Å². The summed E-state index contributed by atoms with van der Waals surface area (Å²) in [5.41, 5.74) is 1.90. The van der Waals surface area contributed by atoms with Gasteiger partial charge in [-0.1, -0.05) is 17.7 Å². The van der Waals surface area contributed by atoms with E-state index in [1.807, 2.05) is 0 Å². The van der Waals surface area contributed by atoms with E-state index in [9.17, 15) is 14.5 Å². The van der Waals surface area contributed by atoms with Crippen LogP contribution < -0.4 is 5.32 Å². The van der Waals surface area contributed by atoms with E-state index in [-0.39, 0.29) is 5.69 Å². The third-order valence-electron chi connectivity index (χ3n) is 2.91. The zero-order valence-electron chi connectivity index (χ0n) is 10.7. The molecular formula is C14H12ClFN2O2. The van der Waals surface area contributed by atoms with Gasteiger partial charge in [0.1, 0.15) is 5.82 Å². The summed E-state index contributed by atoms with van der Waals surface area (Å²) in [5, 5.41) is 14.2. The van der Waals surface area contributed by atoms with Crippen molar-refractivity contribution in [1.29, 1.82) is 0 Å². The maximum absolute atomic E-state index is 13.2. The molecule has 0 aliphatic carbocycles. The Morgan fingerprint density at radius 2 is 2.10 bits per heavy atom. The first-order valence-electron chi connectivity index (χ1n) is 5.90. The predicted molar refractivity (Wildman–Crippen MR) is 76.6 cm³/mol. The molecule has 2 aromatic rings. The number of anilines is 1. The lowest BCUT2D eigenvalue weighted by Crippen LogP contribution is -2.03. The second kappa shape index (κ2) is 5.88. The normalized spacial score (nSPS) is 10.3. The monoisotopic (exact) mass is 294 g/mol. The van der Waals surface area contributed by atoms with Gasteiger partial charge in [0.05, 0.1) is 4.92 Å². The van der Waals surface area contributed by atoms with Gasteiger partial charge in [-0.25, -0.2) is 4.39 Å². The number of nitrogens with zero attached hydrogens (tertiary/aromatic N) is 1. The molecule has 1 N–H and O–H groups in total. The summed E-state index contributed by atoms with van der Waals surface area (Å²) in [6, 6.07) is 9.02. The number of nitrogens with one attached hydrogen (secondary N) is 1. The van der Waals surface area contributed by atoms with Crippen LogP contribution in [0.4, 0.5) is 15.8 Å². The molecule has 0 bridgehead atoms. The van der Waals surface area contributed by atoms with Crippen molar-refractivity contribution in [3.05, 3.63) is 68.5 Å². The largest absolute Gasteiger partial charge is 0.381 e. The molecule has 2 aromatic carbocycles. The Morgan fingerprint density at radius 3 is 2.75 bits per heavy atom. The van der Waals surface area contributed by atoms with Crippen LogP contribution in [0.3, 0.4) is 0 Å². The molecule has 0 atom stereocenters. The minimum absolute atomic E-state index is 0.0484. The van der Waals surface area contributed by atoms with Crippen molar-refractivity contribution in [2.45, 2.75) is 13.5 Å². The molecule has 0 unspecified atom stereocenters. The van der Waals surface area contributed by atoms with Crippen LogP contribution in [0.2, 0.25) is 5.02 Å². The molecule has 0 amide bonds. The highest BCUT2D eigenvalue weighted by Gasteiger charge is 2.12. The lowest BCUT2D eigenvalue weighted by atomic mass is 10.1. The quantitative estimate of drug-likeness (QED) is 0.675. The van der Waals surface area contributed by atoms with E-state index in [2.05, 4.69) is 5.32 Å². The van der Waals surface area contributed by atoms with Gasteiger partial charge in [-0.2, -0.15) is 0 Å². The van der Waals surface area contributed by atoms with Gasteiger partial charge in [-0.3, -0.25) is 10.1 Å². The molecule has 6 heteroatoms. The third kappa shape index (κ3) is 3.24. The van der Waals surface area contributed by atoms with Crippen molar-refractivity contribution in [3.8, 4) is 0 Å². The number of nitro groups is 1. The van der Waals surface area contributed by atoms with Crippen molar-refractivity contribution >= 4 is 23.0 Å². The molecule has 0 radical (unpaired) electrons.